The quantitative estimate of drug-likeness (QED) is 0.771. The Labute approximate surface area is 119 Å². The van der Waals surface area contributed by atoms with Gasteiger partial charge in [-0.2, -0.15) is 0 Å². The first-order chi connectivity index (χ1) is 9.75. The molecule has 0 aliphatic heterocycles. The molecule has 0 spiro atoms. The minimum Gasteiger partial charge on any atom is -0.494 e. The first-order valence-corrected chi connectivity index (χ1v) is 6.92. The molecule has 2 rings (SSSR count). The fraction of sp³-hybridized carbons (Fsp3) is 0.294. The number of halogens is 1. The predicted octanol–water partition coefficient (Wildman–Crippen LogP) is 3.95. The van der Waals surface area contributed by atoms with Gasteiger partial charge in [0, 0.05) is 6.04 Å². The summed E-state index contributed by atoms with van der Waals surface area (Å²) in [6.07, 6.45) is 0.931. The second kappa shape index (κ2) is 7.65. The molecule has 20 heavy (non-hydrogen) atoms. The smallest absolute Gasteiger partial charge is 0.123 e. The Morgan fingerprint density at radius 2 is 1.75 bits per heavy atom. The number of rotatable bonds is 7. The molecule has 0 aromatic heterocycles. The van der Waals surface area contributed by atoms with E-state index in [9.17, 15) is 4.39 Å². The number of para-hydroxylation sites is 1. The first kappa shape index (κ1) is 14.5. The molecule has 106 valence electrons. The zero-order valence-corrected chi connectivity index (χ0v) is 11.7. The number of hydrogen-bond donors (Lipinski definition) is 1. The highest BCUT2D eigenvalue weighted by atomic mass is 19.1. The van der Waals surface area contributed by atoms with E-state index < -0.39 is 0 Å². The molecular formula is C17H20FNO. The first-order valence-electron chi connectivity index (χ1n) is 6.92. The van der Waals surface area contributed by atoms with Crippen LogP contribution >= 0.6 is 0 Å². The second-order valence-corrected chi connectivity index (χ2v) is 4.74. The summed E-state index contributed by atoms with van der Waals surface area (Å²) < 4.78 is 18.4. The van der Waals surface area contributed by atoms with Crippen molar-refractivity contribution in [1.29, 1.82) is 0 Å². The lowest BCUT2D eigenvalue weighted by molar-refractivity contribution is 0.305. The minimum absolute atomic E-state index is 0.197. The van der Waals surface area contributed by atoms with Gasteiger partial charge >= 0.3 is 0 Å². The van der Waals surface area contributed by atoms with Crippen molar-refractivity contribution in [3.8, 4) is 5.75 Å². The molecule has 2 aromatic carbocycles. The summed E-state index contributed by atoms with van der Waals surface area (Å²) in [6, 6.07) is 16.6. The molecule has 0 saturated carbocycles. The molecule has 0 fully saturated rings. The van der Waals surface area contributed by atoms with Gasteiger partial charge in [0.25, 0.3) is 0 Å². The van der Waals surface area contributed by atoms with Crippen LogP contribution in [0.25, 0.3) is 0 Å². The van der Waals surface area contributed by atoms with Crippen LogP contribution in [0.2, 0.25) is 0 Å². The van der Waals surface area contributed by atoms with E-state index in [1.165, 1.54) is 12.1 Å². The summed E-state index contributed by atoms with van der Waals surface area (Å²) in [7, 11) is 0. The maximum absolute atomic E-state index is 12.8. The van der Waals surface area contributed by atoms with E-state index in [1.54, 1.807) is 0 Å². The summed E-state index contributed by atoms with van der Waals surface area (Å²) in [4.78, 5) is 0. The predicted molar refractivity (Wildman–Crippen MR) is 79.4 cm³/mol. The van der Waals surface area contributed by atoms with Crippen LogP contribution in [0.4, 0.5) is 4.39 Å². The lowest BCUT2D eigenvalue weighted by atomic mass is 10.1. The van der Waals surface area contributed by atoms with Crippen molar-refractivity contribution < 1.29 is 9.13 Å². The highest BCUT2D eigenvalue weighted by Gasteiger charge is 2.04. The van der Waals surface area contributed by atoms with Crippen molar-refractivity contribution in [2.45, 2.75) is 19.4 Å². The van der Waals surface area contributed by atoms with E-state index >= 15 is 0 Å². The van der Waals surface area contributed by atoms with Gasteiger partial charge in [-0.1, -0.05) is 30.3 Å². The normalized spacial score (nSPS) is 12.1. The van der Waals surface area contributed by atoms with E-state index in [0.29, 0.717) is 6.61 Å². The van der Waals surface area contributed by atoms with Crippen molar-refractivity contribution >= 4 is 0 Å². The van der Waals surface area contributed by atoms with Crippen molar-refractivity contribution in [2.75, 3.05) is 13.2 Å². The summed E-state index contributed by atoms with van der Waals surface area (Å²) in [5, 5.41) is 3.40. The molecule has 0 aliphatic carbocycles. The Bertz CT molecular complexity index is 498. The third-order valence-corrected chi connectivity index (χ3v) is 3.15. The summed E-state index contributed by atoms with van der Waals surface area (Å²) in [5.74, 6) is 0.705. The SMILES string of the molecule is C[C@@H](NCCCOc1ccccc1)c1ccc(F)cc1. The number of nitrogens with one attached hydrogen (secondary N) is 1. The Hall–Kier alpha value is -1.87. The fourth-order valence-corrected chi connectivity index (χ4v) is 1.97. The molecule has 0 unspecified atom stereocenters. The van der Waals surface area contributed by atoms with E-state index in [1.807, 2.05) is 42.5 Å². The third kappa shape index (κ3) is 4.67. The molecule has 1 atom stereocenters. The number of ether oxygens (including phenoxy) is 1. The van der Waals surface area contributed by atoms with E-state index in [-0.39, 0.29) is 11.9 Å². The fourth-order valence-electron chi connectivity index (χ4n) is 1.97. The summed E-state index contributed by atoms with van der Waals surface area (Å²) in [6.45, 7) is 3.63. The third-order valence-electron chi connectivity index (χ3n) is 3.15. The molecule has 3 heteroatoms. The molecule has 0 saturated heterocycles. The molecule has 0 heterocycles. The van der Waals surface area contributed by atoms with Gasteiger partial charge < -0.3 is 10.1 Å². The van der Waals surface area contributed by atoms with Gasteiger partial charge in [-0.25, -0.2) is 4.39 Å². The lowest BCUT2D eigenvalue weighted by Gasteiger charge is -2.14. The van der Waals surface area contributed by atoms with Crippen LogP contribution in [0, 0.1) is 5.82 Å². The minimum atomic E-state index is -0.197. The van der Waals surface area contributed by atoms with Crippen LogP contribution in [0.5, 0.6) is 5.75 Å². The summed E-state index contributed by atoms with van der Waals surface area (Å²) >= 11 is 0. The highest BCUT2D eigenvalue weighted by molar-refractivity contribution is 5.21. The van der Waals surface area contributed by atoms with Crippen molar-refractivity contribution in [1.82, 2.24) is 5.32 Å². The van der Waals surface area contributed by atoms with Crippen molar-refractivity contribution in [3.63, 3.8) is 0 Å². The Morgan fingerprint density at radius 1 is 1.05 bits per heavy atom. The molecule has 0 aliphatic rings. The largest absolute Gasteiger partial charge is 0.494 e. The van der Waals surface area contributed by atoms with Gasteiger partial charge in [-0.3, -0.25) is 0 Å². The standard InChI is InChI=1S/C17H20FNO/c1-14(15-8-10-16(18)11-9-15)19-12-5-13-20-17-6-3-2-4-7-17/h2-4,6-11,14,19H,5,12-13H2,1H3/t14-/m1/s1. The molecule has 2 nitrogen and oxygen atoms in total. The number of benzene rings is 2. The average molecular weight is 273 g/mol. The average Bonchev–Trinajstić information content (AvgIpc) is 2.48. The van der Waals surface area contributed by atoms with E-state index in [4.69, 9.17) is 4.74 Å². The van der Waals surface area contributed by atoms with Crippen molar-refractivity contribution in [2.24, 2.45) is 0 Å². The van der Waals surface area contributed by atoms with Crippen LogP contribution in [0.15, 0.2) is 54.6 Å². The molecule has 0 amide bonds. The van der Waals surface area contributed by atoms with E-state index in [0.717, 1.165) is 24.3 Å². The zero-order chi connectivity index (χ0) is 14.2. The monoisotopic (exact) mass is 273 g/mol. The van der Waals surface area contributed by atoms with Crippen LogP contribution < -0.4 is 10.1 Å². The maximum Gasteiger partial charge on any atom is 0.123 e. The van der Waals surface area contributed by atoms with Gasteiger partial charge in [0.15, 0.2) is 0 Å². The lowest BCUT2D eigenvalue weighted by Crippen LogP contribution is -2.21. The van der Waals surface area contributed by atoms with Crippen LogP contribution in [0.3, 0.4) is 0 Å². The van der Waals surface area contributed by atoms with Crippen LogP contribution in [0.1, 0.15) is 24.9 Å². The van der Waals surface area contributed by atoms with Crippen LogP contribution in [-0.2, 0) is 0 Å². The van der Waals surface area contributed by atoms with Gasteiger partial charge in [0.2, 0.25) is 0 Å². The molecule has 0 radical (unpaired) electrons. The van der Waals surface area contributed by atoms with Gasteiger partial charge in [-0.05, 0) is 49.7 Å². The molecule has 0 bridgehead atoms. The topological polar surface area (TPSA) is 21.3 Å². The van der Waals surface area contributed by atoms with Gasteiger partial charge in [0.05, 0.1) is 6.61 Å². The second-order valence-electron chi connectivity index (χ2n) is 4.74. The molecule has 2 aromatic rings. The Balaban J connectivity index is 1.64. The highest BCUT2D eigenvalue weighted by Crippen LogP contribution is 2.13. The summed E-state index contributed by atoms with van der Waals surface area (Å²) in [5.41, 5.74) is 1.09. The zero-order valence-electron chi connectivity index (χ0n) is 11.7. The van der Waals surface area contributed by atoms with Gasteiger partial charge in [0.1, 0.15) is 11.6 Å². The van der Waals surface area contributed by atoms with E-state index in [2.05, 4.69) is 12.2 Å². The number of hydrogen-bond acceptors (Lipinski definition) is 2. The Kier molecular flexibility index (Phi) is 5.56. The molecular weight excluding hydrogens is 253 g/mol. The molecule has 1 N–H and O–H groups in total. The van der Waals surface area contributed by atoms with Gasteiger partial charge in [-0.15, -0.1) is 0 Å². The van der Waals surface area contributed by atoms with Crippen LogP contribution in [-0.4, -0.2) is 13.2 Å². The van der Waals surface area contributed by atoms with Crippen molar-refractivity contribution in [3.05, 3.63) is 66.0 Å². The maximum atomic E-state index is 12.8. The Morgan fingerprint density at radius 3 is 2.45 bits per heavy atom.